The summed E-state index contributed by atoms with van der Waals surface area (Å²) in [6.45, 7) is 2.58. The van der Waals surface area contributed by atoms with E-state index in [2.05, 4.69) is 20.9 Å². The van der Waals surface area contributed by atoms with E-state index in [9.17, 15) is 9.59 Å². The zero-order valence-corrected chi connectivity index (χ0v) is 17.0. The minimum atomic E-state index is -0.385. The lowest BCUT2D eigenvalue weighted by molar-refractivity contribution is 0.0849. The Morgan fingerprint density at radius 2 is 1.70 bits per heavy atom. The maximum absolute atomic E-state index is 12.6. The van der Waals surface area contributed by atoms with Crippen LogP contribution in [-0.2, 0) is 6.54 Å². The second kappa shape index (κ2) is 8.71. The Bertz CT molecular complexity index is 1150. The van der Waals surface area contributed by atoms with Crippen LogP contribution in [0.1, 0.15) is 31.2 Å². The number of nitrogens with zero attached hydrogens (tertiary/aromatic N) is 3. The van der Waals surface area contributed by atoms with Crippen molar-refractivity contribution < 1.29 is 9.59 Å². The SMILES string of the molecule is Cc1ccc(-c2ccsc2C(=O)NNC(=O)c2ccc(Cn3cncn3)cc2)cc1. The average molecular weight is 417 g/mol. The van der Waals surface area contributed by atoms with Crippen molar-refractivity contribution in [2.45, 2.75) is 13.5 Å². The molecule has 2 aromatic heterocycles. The third-order valence-corrected chi connectivity index (χ3v) is 5.46. The Morgan fingerprint density at radius 3 is 2.40 bits per heavy atom. The molecule has 0 spiro atoms. The van der Waals surface area contributed by atoms with Gasteiger partial charge in [0.05, 0.1) is 6.54 Å². The molecule has 150 valence electrons. The van der Waals surface area contributed by atoms with Crippen molar-refractivity contribution in [1.29, 1.82) is 0 Å². The lowest BCUT2D eigenvalue weighted by atomic mass is 10.1. The van der Waals surface area contributed by atoms with Gasteiger partial charge in [-0.25, -0.2) is 9.67 Å². The van der Waals surface area contributed by atoms with Crippen LogP contribution in [0.15, 0.2) is 72.6 Å². The van der Waals surface area contributed by atoms with Crippen molar-refractivity contribution in [3.8, 4) is 11.1 Å². The van der Waals surface area contributed by atoms with Crippen molar-refractivity contribution in [3.63, 3.8) is 0 Å². The molecule has 0 saturated carbocycles. The van der Waals surface area contributed by atoms with E-state index in [0.29, 0.717) is 17.0 Å². The van der Waals surface area contributed by atoms with Crippen molar-refractivity contribution in [2.24, 2.45) is 0 Å². The molecule has 4 rings (SSSR count). The summed E-state index contributed by atoms with van der Waals surface area (Å²) < 4.78 is 1.70. The molecule has 0 atom stereocenters. The van der Waals surface area contributed by atoms with Gasteiger partial charge < -0.3 is 0 Å². The van der Waals surface area contributed by atoms with Gasteiger partial charge in [0.2, 0.25) is 0 Å². The molecule has 0 unspecified atom stereocenters. The van der Waals surface area contributed by atoms with E-state index in [-0.39, 0.29) is 11.8 Å². The van der Waals surface area contributed by atoms with E-state index in [0.717, 1.165) is 22.3 Å². The van der Waals surface area contributed by atoms with Gasteiger partial charge in [0.25, 0.3) is 11.8 Å². The van der Waals surface area contributed by atoms with E-state index in [1.165, 1.54) is 17.7 Å². The number of hydrogen-bond acceptors (Lipinski definition) is 5. The summed E-state index contributed by atoms with van der Waals surface area (Å²) >= 11 is 1.33. The summed E-state index contributed by atoms with van der Waals surface area (Å²) in [6, 6.07) is 17.0. The lowest BCUT2D eigenvalue weighted by Crippen LogP contribution is -2.41. The first-order valence-electron chi connectivity index (χ1n) is 9.27. The monoisotopic (exact) mass is 417 g/mol. The number of hydrazine groups is 1. The van der Waals surface area contributed by atoms with E-state index in [4.69, 9.17) is 0 Å². The predicted molar refractivity (Wildman–Crippen MR) is 115 cm³/mol. The molecule has 7 nitrogen and oxygen atoms in total. The molecule has 0 radical (unpaired) electrons. The van der Waals surface area contributed by atoms with Crippen LogP contribution in [0.25, 0.3) is 11.1 Å². The zero-order chi connectivity index (χ0) is 20.9. The van der Waals surface area contributed by atoms with Gasteiger partial charge >= 0.3 is 0 Å². The number of amides is 2. The number of aromatic nitrogens is 3. The summed E-state index contributed by atoms with van der Waals surface area (Å²) in [5.74, 6) is -0.735. The van der Waals surface area contributed by atoms with Crippen LogP contribution in [0, 0.1) is 6.92 Å². The van der Waals surface area contributed by atoms with Gasteiger partial charge in [-0.1, -0.05) is 42.0 Å². The number of hydrogen-bond donors (Lipinski definition) is 2. The van der Waals surface area contributed by atoms with Crippen molar-refractivity contribution in [3.05, 3.63) is 94.2 Å². The molecule has 2 aromatic carbocycles. The molecule has 2 amide bonds. The summed E-state index contributed by atoms with van der Waals surface area (Å²) in [5, 5.41) is 5.92. The highest BCUT2D eigenvalue weighted by atomic mass is 32.1. The highest BCUT2D eigenvalue weighted by molar-refractivity contribution is 7.12. The maximum atomic E-state index is 12.6. The molecule has 2 N–H and O–H groups in total. The first-order valence-corrected chi connectivity index (χ1v) is 10.1. The summed E-state index contributed by atoms with van der Waals surface area (Å²) in [6.07, 6.45) is 3.11. The standard InChI is InChI=1S/C22H19N5O2S/c1-15-2-6-17(7-3-15)19-10-11-30-20(19)22(29)26-25-21(28)18-8-4-16(5-9-18)12-27-14-23-13-24-27/h2-11,13-14H,12H2,1H3,(H,25,28)(H,26,29). The zero-order valence-electron chi connectivity index (χ0n) is 16.2. The number of nitrogens with one attached hydrogen (secondary N) is 2. The van der Waals surface area contributed by atoms with Gasteiger partial charge in [0.1, 0.15) is 17.5 Å². The molecule has 0 fully saturated rings. The molecule has 0 saturated heterocycles. The molecule has 0 aliphatic rings. The largest absolute Gasteiger partial charge is 0.280 e. The van der Waals surface area contributed by atoms with Gasteiger partial charge in [-0.15, -0.1) is 11.3 Å². The molecular weight excluding hydrogens is 398 g/mol. The third-order valence-electron chi connectivity index (χ3n) is 4.55. The molecule has 0 aliphatic heterocycles. The number of benzene rings is 2. The fraction of sp³-hybridized carbons (Fsp3) is 0.0909. The molecular formula is C22H19N5O2S. The summed E-state index contributed by atoms with van der Waals surface area (Å²) in [5.41, 5.74) is 9.37. The highest BCUT2D eigenvalue weighted by Crippen LogP contribution is 2.28. The quantitative estimate of drug-likeness (QED) is 0.487. The van der Waals surface area contributed by atoms with Crippen LogP contribution in [0.5, 0.6) is 0 Å². The Kier molecular flexibility index (Phi) is 5.67. The topological polar surface area (TPSA) is 88.9 Å². The van der Waals surface area contributed by atoms with Gasteiger partial charge in [-0.3, -0.25) is 20.4 Å². The second-order valence-corrected chi connectivity index (χ2v) is 7.64. The van der Waals surface area contributed by atoms with Gasteiger partial charge in [-0.2, -0.15) is 5.10 Å². The number of carbonyl (C=O) groups is 2. The molecule has 0 bridgehead atoms. The van der Waals surface area contributed by atoms with Crippen molar-refractivity contribution in [2.75, 3.05) is 0 Å². The van der Waals surface area contributed by atoms with Crippen molar-refractivity contribution in [1.82, 2.24) is 25.6 Å². The number of aryl methyl sites for hydroxylation is 1. The molecule has 0 aliphatic carbocycles. The van der Waals surface area contributed by atoms with Gasteiger partial charge in [0.15, 0.2) is 0 Å². The second-order valence-electron chi connectivity index (χ2n) is 6.73. The first-order chi connectivity index (χ1) is 14.6. The minimum Gasteiger partial charge on any atom is -0.267 e. The molecule has 2 heterocycles. The van der Waals surface area contributed by atoms with E-state index >= 15 is 0 Å². The smallest absolute Gasteiger partial charge is 0.267 e. The van der Waals surface area contributed by atoms with E-state index < -0.39 is 0 Å². The van der Waals surface area contributed by atoms with Crippen LogP contribution in [0.2, 0.25) is 0 Å². The highest BCUT2D eigenvalue weighted by Gasteiger charge is 2.16. The Morgan fingerprint density at radius 1 is 0.967 bits per heavy atom. The molecule has 4 aromatic rings. The van der Waals surface area contributed by atoms with E-state index in [1.807, 2.05) is 54.8 Å². The fourth-order valence-corrected chi connectivity index (χ4v) is 3.76. The molecule has 30 heavy (non-hydrogen) atoms. The Labute approximate surface area is 177 Å². The number of thiophene rings is 1. The van der Waals surface area contributed by atoms with Crippen LogP contribution >= 0.6 is 11.3 Å². The number of carbonyl (C=O) groups excluding carboxylic acids is 2. The first kappa shape index (κ1) is 19.5. The fourth-order valence-electron chi connectivity index (χ4n) is 2.95. The lowest BCUT2D eigenvalue weighted by Gasteiger charge is -2.09. The van der Waals surface area contributed by atoms with E-state index in [1.54, 1.807) is 23.1 Å². The Hall–Kier alpha value is -3.78. The van der Waals surface area contributed by atoms with Gasteiger partial charge in [-0.05, 0) is 41.6 Å². The summed E-state index contributed by atoms with van der Waals surface area (Å²) in [7, 11) is 0. The average Bonchev–Trinajstić information content (AvgIpc) is 3.45. The van der Waals surface area contributed by atoms with Gasteiger partial charge in [0, 0.05) is 11.1 Å². The summed E-state index contributed by atoms with van der Waals surface area (Å²) in [4.78, 5) is 29.4. The van der Waals surface area contributed by atoms with Crippen LogP contribution < -0.4 is 10.9 Å². The van der Waals surface area contributed by atoms with Crippen LogP contribution in [-0.4, -0.2) is 26.6 Å². The van der Waals surface area contributed by atoms with Crippen LogP contribution in [0.3, 0.4) is 0 Å². The van der Waals surface area contributed by atoms with Crippen LogP contribution in [0.4, 0.5) is 0 Å². The predicted octanol–water partition coefficient (Wildman–Crippen LogP) is 3.44. The normalized spacial score (nSPS) is 10.6. The molecule has 8 heteroatoms. The minimum absolute atomic E-state index is 0.350. The van der Waals surface area contributed by atoms with Crippen molar-refractivity contribution >= 4 is 23.2 Å². The number of rotatable bonds is 5. The Balaban J connectivity index is 1.38. The third kappa shape index (κ3) is 4.44. The maximum Gasteiger partial charge on any atom is 0.280 e.